The summed E-state index contributed by atoms with van der Waals surface area (Å²) >= 11 is 0. The first-order valence-electron chi connectivity index (χ1n) is 9.61. The minimum absolute atomic E-state index is 0.130. The Morgan fingerprint density at radius 3 is 2.61 bits per heavy atom. The number of hydrogen-bond donors (Lipinski definition) is 0. The van der Waals surface area contributed by atoms with Crippen molar-refractivity contribution in [2.45, 2.75) is 19.3 Å². The average molecular weight is 370 g/mol. The van der Waals surface area contributed by atoms with Crippen molar-refractivity contribution in [3.8, 4) is 11.3 Å². The molecule has 4 nitrogen and oxygen atoms in total. The van der Waals surface area contributed by atoms with Gasteiger partial charge in [0, 0.05) is 23.1 Å². The molecule has 1 atom stereocenters. The summed E-state index contributed by atoms with van der Waals surface area (Å²) in [5, 5.41) is 0.786. The monoisotopic (exact) mass is 370 g/mol. The molecule has 4 rings (SSSR count). The van der Waals surface area contributed by atoms with Gasteiger partial charge in [0.1, 0.15) is 5.92 Å². The molecule has 1 saturated heterocycles. The average Bonchev–Trinajstić information content (AvgIpc) is 2.94. The van der Waals surface area contributed by atoms with Gasteiger partial charge in [-0.1, -0.05) is 61.5 Å². The highest BCUT2D eigenvalue weighted by Gasteiger charge is 2.33. The molecule has 2 aromatic carbocycles. The van der Waals surface area contributed by atoms with Crippen LogP contribution in [-0.4, -0.2) is 28.1 Å². The SMILES string of the molecule is C=CN1CCCC[C@@H](C(=O)c2cc(-c3ccccc3)nc3ccccc23)C1=O. The molecule has 1 fully saturated rings. The Kier molecular flexibility index (Phi) is 5.02. The molecule has 0 aliphatic carbocycles. The lowest BCUT2D eigenvalue weighted by atomic mass is 9.90. The Morgan fingerprint density at radius 2 is 1.82 bits per heavy atom. The van der Waals surface area contributed by atoms with Gasteiger partial charge in [-0.2, -0.15) is 0 Å². The number of hydrogen-bond acceptors (Lipinski definition) is 3. The van der Waals surface area contributed by atoms with Crippen LogP contribution < -0.4 is 0 Å². The van der Waals surface area contributed by atoms with E-state index in [1.54, 1.807) is 4.90 Å². The molecular weight excluding hydrogens is 348 g/mol. The second kappa shape index (κ2) is 7.77. The van der Waals surface area contributed by atoms with E-state index < -0.39 is 5.92 Å². The first-order chi connectivity index (χ1) is 13.7. The van der Waals surface area contributed by atoms with Crippen molar-refractivity contribution in [1.29, 1.82) is 0 Å². The van der Waals surface area contributed by atoms with Gasteiger partial charge < -0.3 is 4.90 Å². The molecule has 0 radical (unpaired) electrons. The van der Waals surface area contributed by atoms with Crippen LogP contribution in [0.4, 0.5) is 0 Å². The predicted molar refractivity (Wildman–Crippen MR) is 111 cm³/mol. The number of carbonyl (C=O) groups is 2. The van der Waals surface area contributed by atoms with E-state index in [4.69, 9.17) is 4.98 Å². The first kappa shape index (κ1) is 18.1. The van der Waals surface area contributed by atoms with E-state index in [1.807, 2.05) is 60.7 Å². The molecule has 1 aliphatic rings. The van der Waals surface area contributed by atoms with Crippen molar-refractivity contribution in [2.24, 2.45) is 5.92 Å². The zero-order valence-electron chi connectivity index (χ0n) is 15.7. The van der Waals surface area contributed by atoms with Gasteiger partial charge in [0.05, 0.1) is 11.2 Å². The second-order valence-corrected chi connectivity index (χ2v) is 7.07. The van der Waals surface area contributed by atoms with Crippen LogP contribution >= 0.6 is 0 Å². The second-order valence-electron chi connectivity index (χ2n) is 7.07. The Hall–Kier alpha value is -3.27. The van der Waals surface area contributed by atoms with Crippen LogP contribution in [-0.2, 0) is 4.79 Å². The number of amides is 1. The summed E-state index contributed by atoms with van der Waals surface area (Å²) in [5.41, 5.74) is 3.01. The van der Waals surface area contributed by atoms with Crippen LogP contribution in [0.3, 0.4) is 0 Å². The fraction of sp³-hybridized carbons (Fsp3) is 0.208. The van der Waals surface area contributed by atoms with Crippen LogP contribution in [0.1, 0.15) is 29.6 Å². The standard InChI is InChI=1S/C24H22N2O2/c1-2-26-15-9-8-13-19(24(26)28)23(27)20-16-22(17-10-4-3-5-11-17)25-21-14-7-6-12-18(20)21/h2-7,10-12,14,16,19H,1,8-9,13,15H2/t19-/m0/s1. The molecular formula is C24H22N2O2. The van der Waals surface area contributed by atoms with Gasteiger partial charge in [0.15, 0.2) is 5.78 Å². The molecule has 4 heteroatoms. The summed E-state index contributed by atoms with van der Waals surface area (Å²) in [6, 6.07) is 19.2. The highest BCUT2D eigenvalue weighted by atomic mass is 16.2. The molecule has 0 bridgehead atoms. The van der Waals surface area contributed by atoms with E-state index in [1.165, 1.54) is 6.20 Å². The topological polar surface area (TPSA) is 50.3 Å². The van der Waals surface area contributed by atoms with Crippen molar-refractivity contribution in [1.82, 2.24) is 9.88 Å². The number of likely N-dealkylation sites (tertiary alicyclic amines) is 1. The van der Waals surface area contributed by atoms with Crippen LogP contribution in [0.2, 0.25) is 0 Å². The number of carbonyl (C=O) groups excluding carboxylic acids is 2. The minimum Gasteiger partial charge on any atom is -0.319 e. The fourth-order valence-corrected chi connectivity index (χ4v) is 3.81. The maximum absolute atomic E-state index is 13.5. The number of para-hydroxylation sites is 1. The zero-order valence-corrected chi connectivity index (χ0v) is 15.7. The van der Waals surface area contributed by atoms with Crippen LogP contribution in [0, 0.1) is 5.92 Å². The minimum atomic E-state index is -0.671. The van der Waals surface area contributed by atoms with E-state index in [-0.39, 0.29) is 11.7 Å². The summed E-state index contributed by atoms with van der Waals surface area (Å²) in [5.74, 6) is -0.955. The number of Topliss-reactive ketones (excluding diaryl/α,β-unsaturated/α-hetero) is 1. The van der Waals surface area contributed by atoms with Gasteiger partial charge in [-0.25, -0.2) is 4.98 Å². The van der Waals surface area contributed by atoms with Crippen molar-refractivity contribution in [3.05, 3.63) is 79.0 Å². The maximum Gasteiger partial charge on any atom is 0.237 e. The Bertz CT molecular complexity index is 1040. The third-order valence-electron chi connectivity index (χ3n) is 5.31. The maximum atomic E-state index is 13.5. The lowest BCUT2D eigenvalue weighted by molar-refractivity contribution is -0.130. The van der Waals surface area contributed by atoms with E-state index in [2.05, 4.69) is 6.58 Å². The molecule has 1 aromatic heterocycles. The number of pyridine rings is 1. The number of nitrogens with zero attached hydrogens (tertiary/aromatic N) is 2. The fourth-order valence-electron chi connectivity index (χ4n) is 3.81. The van der Waals surface area contributed by atoms with Crippen molar-refractivity contribution >= 4 is 22.6 Å². The summed E-state index contributed by atoms with van der Waals surface area (Å²) in [4.78, 5) is 32.7. The van der Waals surface area contributed by atoms with Gasteiger partial charge in [0.2, 0.25) is 5.91 Å². The molecule has 2 heterocycles. The Labute approximate surface area is 164 Å². The third-order valence-corrected chi connectivity index (χ3v) is 5.31. The number of rotatable bonds is 4. The number of ketones is 1. The molecule has 1 aliphatic heterocycles. The van der Waals surface area contributed by atoms with E-state index in [0.29, 0.717) is 18.5 Å². The molecule has 1 amide bonds. The van der Waals surface area contributed by atoms with Crippen molar-refractivity contribution in [3.63, 3.8) is 0 Å². The van der Waals surface area contributed by atoms with Crippen molar-refractivity contribution < 1.29 is 9.59 Å². The quantitative estimate of drug-likeness (QED) is 0.487. The lowest BCUT2D eigenvalue weighted by Crippen LogP contribution is -2.34. The Balaban J connectivity index is 1.83. The smallest absolute Gasteiger partial charge is 0.237 e. The zero-order chi connectivity index (χ0) is 19.5. The molecule has 0 unspecified atom stereocenters. The van der Waals surface area contributed by atoms with E-state index in [0.717, 1.165) is 35.0 Å². The highest BCUT2D eigenvalue weighted by Crippen LogP contribution is 2.29. The van der Waals surface area contributed by atoms with Crippen LogP contribution in [0.5, 0.6) is 0 Å². The van der Waals surface area contributed by atoms with E-state index in [9.17, 15) is 9.59 Å². The number of aromatic nitrogens is 1. The van der Waals surface area contributed by atoms with Gasteiger partial charge in [-0.05, 0) is 31.2 Å². The van der Waals surface area contributed by atoms with Crippen LogP contribution in [0.15, 0.2) is 73.4 Å². The number of fused-ring (bicyclic) bond motifs is 1. The highest BCUT2D eigenvalue weighted by molar-refractivity contribution is 6.16. The summed E-state index contributed by atoms with van der Waals surface area (Å²) in [6.07, 6.45) is 3.84. The molecule has 140 valence electrons. The molecule has 0 saturated carbocycles. The molecule has 3 aromatic rings. The van der Waals surface area contributed by atoms with Crippen molar-refractivity contribution in [2.75, 3.05) is 6.54 Å². The summed E-state index contributed by atoms with van der Waals surface area (Å²) in [6.45, 7) is 4.35. The lowest BCUT2D eigenvalue weighted by Gasteiger charge is -2.20. The summed E-state index contributed by atoms with van der Waals surface area (Å²) in [7, 11) is 0. The van der Waals surface area contributed by atoms with Gasteiger partial charge >= 0.3 is 0 Å². The van der Waals surface area contributed by atoms with Gasteiger partial charge in [-0.3, -0.25) is 9.59 Å². The molecule has 0 spiro atoms. The number of benzene rings is 2. The third kappa shape index (κ3) is 3.33. The Morgan fingerprint density at radius 1 is 1.07 bits per heavy atom. The van der Waals surface area contributed by atoms with Crippen LogP contribution in [0.25, 0.3) is 22.2 Å². The molecule has 0 N–H and O–H groups in total. The normalized spacial score (nSPS) is 17.4. The van der Waals surface area contributed by atoms with Gasteiger partial charge in [0.25, 0.3) is 0 Å². The first-order valence-corrected chi connectivity index (χ1v) is 9.61. The largest absolute Gasteiger partial charge is 0.319 e. The predicted octanol–water partition coefficient (Wildman–Crippen LogP) is 4.86. The van der Waals surface area contributed by atoms with Gasteiger partial charge in [-0.15, -0.1) is 0 Å². The summed E-state index contributed by atoms with van der Waals surface area (Å²) < 4.78 is 0. The van der Waals surface area contributed by atoms with E-state index >= 15 is 0 Å². The molecule has 28 heavy (non-hydrogen) atoms.